The molecule has 7 nitrogen and oxygen atoms in total. The summed E-state index contributed by atoms with van der Waals surface area (Å²) in [5.74, 6) is 1.39. The van der Waals surface area contributed by atoms with Gasteiger partial charge in [0.15, 0.2) is 5.82 Å². The number of nitrogens with one attached hydrogen (secondary N) is 1. The highest BCUT2D eigenvalue weighted by Gasteiger charge is 2.35. The first-order valence-electron chi connectivity index (χ1n) is 9.30. The number of carbonyl (C=O) groups excluding carboxylic acids is 1. The number of aromatic nitrogens is 2. The summed E-state index contributed by atoms with van der Waals surface area (Å²) in [7, 11) is 2.08. The van der Waals surface area contributed by atoms with Gasteiger partial charge in [-0.25, -0.2) is 0 Å². The average Bonchev–Trinajstić information content (AvgIpc) is 3.32. The van der Waals surface area contributed by atoms with Gasteiger partial charge in [-0.3, -0.25) is 9.69 Å². The van der Waals surface area contributed by atoms with Gasteiger partial charge in [0.25, 0.3) is 0 Å². The minimum absolute atomic E-state index is 0. The van der Waals surface area contributed by atoms with E-state index in [4.69, 9.17) is 4.52 Å². The lowest BCUT2D eigenvalue weighted by atomic mass is 10.1. The second-order valence-corrected chi connectivity index (χ2v) is 7.10. The molecule has 0 aliphatic carbocycles. The lowest BCUT2D eigenvalue weighted by molar-refractivity contribution is -0.131. The van der Waals surface area contributed by atoms with E-state index in [1.807, 2.05) is 35.2 Å². The van der Waals surface area contributed by atoms with Gasteiger partial charge in [0.1, 0.15) is 6.04 Å². The van der Waals surface area contributed by atoms with Crippen LogP contribution < -0.4 is 5.32 Å². The van der Waals surface area contributed by atoms with Crippen molar-refractivity contribution in [1.29, 1.82) is 0 Å². The van der Waals surface area contributed by atoms with Crippen LogP contribution in [0.1, 0.15) is 42.2 Å². The molecule has 8 heteroatoms. The van der Waals surface area contributed by atoms with Crippen molar-refractivity contribution in [1.82, 2.24) is 25.3 Å². The van der Waals surface area contributed by atoms with Crippen LogP contribution in [-0.2, 0) is 11.2 Å². The van der Waals surface area contributed by atoms with Crippen molar-refractivity contribution < 1.29 is 9.32 Å². The Labute approximate surface area is 165 Å². The molecule has 146 valence electrons. The first-order valence-corrected chi connectivity index (χ1v) is 9.30. The number of hydrogen-bond donors (Lipinski definition) is 1. The molecule has 1 N–H and O–H groups in total. The molecule has 0 radical (unpaired) electrons. The van der Waals surface area contributed by atoms with E-state index >= 15 is 0 Å². The summed E-state index contributed by atoms with van der Waals surface area (Å²) >= 11 is 0. The van der Waals surface area contributed by atoms with Crippen molar-refractivity contribution in [2.45, 2.75) is 31.3 Å². The third kappa shape index (κ3) is 4.31. The Morgan fingerprint density at radius 2 is 2.07 bits per heavy atom. The lowest BCUT2D eigenvalue weighted by Gasteiger charge is -2.30. The number of amides is 1. The Kier molecular flexibility index (Phi) is 6.46. The standard InChI is InChI=1S/C19H25N5O2.ClH/c1-23-11-9-20-13-16(23)18-21-19(26-22-18)15-8-5-10-24(15)17(25)12-14-6-3-2-4-7-14;/h2-4,6-7,15-16,20H,5,8-13H2,1H3;1H. The van der Waals surface area contributed by atoms with Crippen molar-refractivity contribution in [3.05, 3.63) is 47.6 Å². The number of carbonyl (C=O) groups is 1. The molecule has 2 unspecified atom stereocenters. The number of likely N-dealkylation sites (N-methyl/N-ethyl adjacent to an activating group) is 1. The highest BCUT2D eigenvalue weighted by Crippen LogP contribution is 2.32. The first-order chi connectivity index (χ1) is 12.7. The fourth-order valence-electron chi connectivity index (χ4n) is 3.81. The summed E-state index contributed by atoms with van der Waals surface area (Å²) in [4.78, 5) is 21.6. The molecule has 2 aliphatic rings. The third-order valence-electron chi connectivity index (χ3n) is 5.32. The molecular formula is C19H26ClN5O2. The Balaban J connectivity index is 0.00000210. The van der Waals surface area contributed by atoms with E-state index in [0.29, 0.717) is 18.1 Å². The molecule has 3 heterocycles. The number of halogens is 1. The molecule has 0 saturated carbocycles. The van der Waals surface area contributed by atoms with Crippen molar-refractivity contribution in [2.75, 3.05) is 33.2 Å². The van der Waals surface area contributed by atoms with Gasteiger partial charge in [0, 0.05) is 26.2 Å². The molecule has 2 saturated heterocycles. The number of hydrogen-bond acceptors (Lipinski definition) is 6. The van der Waals surface area contributed by atoms with Crippen LogP contribution in [0.5, 0.6) is 0 Å². The summed E-state index contributed by atoms with van der Waals surface area (Å²) in [6.07, 6.45) is 2.25. The smallest absolute Gasteiger partial charge is 0.249 e. The van der Waals surface area contributed by atoms with Gasteiger partial charge in [-0.15, -0.1) is 12.4 Å². The number of piperazine rings is 1. The molecule has 4 rings (SSSR count). The normalized spacial score (nSPS) is 23.2. The maximum absolute atomic E-state index is 12.8. The number of nitrogens with zero attached hydrogens (tertiary/aromatic N) is 4. The topological polar surface area (TPSA) is 74.5 Å². The van der Waals surface area contributed by atoms with E-state index < -0.39 is 0 Å². The monoisotopic (exact) mass is 391 g/mol. The molecule has 1 aromatic carbocycles. The molecule has 0 spiro atoms. The molecule has 2 aromatic rings. The molecule has 1 aromatic heterocycles. The zero-order valence-electron chi connectivity index (χ0n) is 15.5. The predicted octanol–water partition coefficient (Wildman–Crippen LogP) is 1.97. The van der Waals surface area contributed by atoms with E-state index in [0.717, 1.165) is 44.6 Å². The van der Waals surface area contributed by atoms with Crippen LogP contribution in [0.25, 0.3) is 0 Å². The SMILES string of the molecule is CN1CCNCC1c1noc(C2CCCN2C(=O)Cc2ccccc2)n1.Cl. The van der Waals surface area contributed by atoms with E-state index in [1.54, 1.807) is 0 Å². The molecule has 2 fully saturated rings. The summed E-state index contributed by atoms with van der Waals surface area (Å²) in [5.41, 5.74) is 1.03. The Hall–Kier alpha value is -1.96. The maximum Gasteiger partial charge on any atom is 0.249 e. The minimum Gasteiger partial charge on any atom is -0.337 e. The van der Waals surface area contributed by atoms with Gasteiger partial charge in [-0.1, -0.05) is 35.5 Å². The van der Waals surface area contributed by atoms with Gasteiger partial charge in [-0.2, -0.15) is 4.98 Å². The molecule has 2 atom stereocenters. The number of rotatable bonds is 4. The highest BCUT2D eigenvalue weighted by molar-refractivity contribution is 5.85. The van der Waals surface area contributed by atoms with Crippen LogP contribution in [0.3, 0.4) is 0 Å². The second-order valence-electron chi connectivity index (χ2n) is 7.10. The molecular weight excluding hydrogens is 366 g/mol. The van der Waals surface area contributed by atoms with Crippen molar-refractivity contribution in [3.63, 3.8) is 0 Å². The minimum atomic E-state index is -0.102. The van der Waals surface area contributed by atoms with Crippen LogP contribution >= 0.6 is 12.4 Å². The predicted molar refractivity (Wildman–Crippen MR) is 104 cm³/mol. The highest BCUT2D eigenvalue weighted by atomic mass is 35.5. The molecule has 1 amide bonds. The summed E-state index contributed by atoms with van der Waals surface area (Å²) in [6.45, 7) is 3.50. The Morgan fingerprint density at radius 1 is 1.26 bits per heavy atom. The van der Waals surface area contributed by atoms with Crippen LogP contribution in [0.4, 0.5) is 0 Å². The zero-order valence-corrected chi connectivity index (χ0v) is 16.3. The van der Waals surface area contributed by atoms with Crippen LogP contribution in [0, 0.1) is 0 Å². The summed E-state index contributed by atoms with van der Waals surface area (Å²) in [6, 6.07) is 9.88. The molecule has 2 aliphatic heterocycles. The summed E-state index contributed by atoms with van der Waals surface area (Å²) in [5, 5.41) is 7.58. The largest absolute Gasteiger partial charge is 0.337 e. The number of benzene rings is 1. The van der Waals surface area contributed by atoms with Crippen LogP contribution in [0.15, 0.2) is 34.9 Å². The van der Waals surface area contributed by atoms with E-state index in [-0.39, 0.29) is 30.4 Å². The first kappa shape index (κ1) is 19.8. The van der Waals surface area contributed by atoms with E-state index in [1.165, 1.54) is 0 Å². The average molecular weight is 392 g/mol. The van der Waals surface area contributed by atoms with E-state index in [2.05, 4.69) is 27.4 Å². The van der Waals surface area contributed by atoms with E-state index in [9.17, 15) is 4.79 Å². The van der Waals surface area contributed by atoms with Gasteiger partial charge in [0.05, 0.1) is 12.5 Å². The second kappa shape index (κ2) is 8.82. The number of likely N-dealkylation sites (tertiary alicyclic amines) is 1. The zero-order chi connectivity index (χ0) is 17.9. The summed E-state index contributed by atoms with van der Waals surface area (Å²) < 4.78 is 5.57. The van der Waals surface area contributed by atoms with Gasteiger partial charge >= 0.3 is 0 Å². The third-order valence-corrected chi connectivity index (χ3v) is 5.32. The Morgan fingerprint density at radius 3 is 2.85 bits per heavy atom. The van der Waals surface area contributed by atoms with Gasteiger partial charge in [0.2, 0.25) is 11.8 Å². The van der Waals surface area contributed by atoms with Crippen LogP contribution in [0.2, 0.25) is 0 Å². The maximum atomic E-state index is 12.8. The van der Waals surface area contributed by atoms with Crippen molar-refractivity contribution in [2.24, 2.45) is 0 Å². The van der Waals surface area contributed by atoms with Crippen molar-refractivity contribution >= 4 is 18.3 Å². The lowest BCUT2D eigenvalue weighted by Crippen LogP contribution is -2.44. The quantitative estimate of drug-likeness (QED) is 0.858. The van der Waals surface area contributed by atoms with Gasteiger partial charge < -0.3 is 14.7 Å². The fraction of sp³-hybridized carbons (Fsp3) is 0.526. The fourth-order valence-corrected chi connectivity index (χ4v) is 3.81. The van der Waals surface area contributed by atoms with Gasteiger partial charge in [-0.05, 0) is 25.5 Å². The molecule has 0 bridgehead atoms. The van der Waals surface area contributed by atoms with Crippen LogP contribution in [-0.4, -0.2) is 59.1 Å². The van der Waals surface area contributed by atoms with Crippen molar-refractivity contribution in [3.8, 4) is 0 Å². The molecule has 27 heavy (non-hydrogen) atoms. The Bertz CT molecular complexity index is 754.